The molecule has 0 aliphatic carbocycles. The second-order valence-electron chi connectivity index (χ2n) is 5.08. The summed E-state index contributed by atoms with van der Waals surface area (Å²) in [5, 5.41) is 5.59. The largest absolute Gasteiger partial charge is 0.350 e. The third kappa shape index (κ3) is 6.16. The lowest BCUT2D eigenvalue weighted by Gasteiger charge is -2.17. The van der Waals surface area contributed by atoms with Gasteiger partial charge in [-0.3, -0.25) is 9.59 Å². The molecule has 0 bridgehead atoms. The first-order chi connectivity index (χ1) is 11.1. The molecule has 2 aromatic carbocycles. The second-order valence-corrected chi connectivity index (χ2v) is 6.17. The number of rotatable bonds is 7. The van der Waals surface area contributed by atoms with Crippen LogP contribution in [0.1, 0.15) is 12.5 Å². The van der Waals surface area contributed by atoms with E-state index in [4.69, 9.17) is 0 Å². The van der Waals surface area contributed by atoms with Gasteiger partial charge in [0.25, 0.3) is 0 Å². The van der Waals surface area contributed by atoms with Crippen molar-refractivity contribution in [3.8, 4) is 0 Å². The van der Waals surface area contributed by atoms with E-state index in [9.17, 15) is 9.59 Å². The first kappa shape index (κ1) is 17.1. The van der Waals surface area contributed by atoms with Crippen LogP contribution in [0.4, 0.5) is 0 Å². The highest BCUT2D eigenvalue weighted by Gasteiger charge is 2.19. The molecule has 0 aliphatic heterocycles. The van der Waals surface area contributed by atoms with Crippen molar-refractivity contribution in [2.75, 3.05) is 5.75 Å². The van der Waals surface area contributed by atoms with E-state index >= 15 is 0 Å². The van der Waals surface area contributed by atoms with Gasteiger partial charge in [-0.15, -0.1) is 11.8 Å². The Balaban J connectivity index is 1.91. The van der Waals surface area contributed by atoms with Gasteiger partial charge in [0.05, 0.1) is 0 Å². The SMILES string of the molecule is CC(=O)NC(CSc1ccccc1)C(=O)NCc1ccccc1. The Kier molecular flexibility index (Phi) is 6.69. The topological polar surface area (TPSA) is 58.2 Å². The van der Waals surface area contributed by atoms with Crippen molar-refractivity contribution in [1.82, 2.24) is 10.6 Å². The number of nitrogens with one attached hydrogen (secondary N) is 2. The minimum absolute atomic E-state index is 0.174. The van der Waals surface area contributed by atoms with E-state index in [0.29, 0.717) is 12.3 Å². The number of carbonyl (C=O) groups is 2. The summed E-state index contributed by atoms with van der Waals surface area (Å²) >= 11 is 1.54. The first-order valence-corrected chi connectivity index (χ1v) is 8.40. The van der Waals surface area contributed by atoms with E-state index in [2.05, 4.69) is 10.6 Å². The fourth-order valence-corrected chi connectivity index (χ4v) is 2.98. The molecule has 2 N–H and O–H groups in total. The summed E-state index contributed by atoms with van der Waals surface area (Å²) in [5.41, 5.74) is 1.03. The summed E-state index contributed by atoms with van der Waals surface area (Å²) < 4.78 is 0. The summed E-state index contributed by atoms with van der Waals surface area (Å²) in [6.45, 7) is 1.87. The predicted molar refractivity (Wildman–Crippen MR) is 93.1 cm³/mol. The van der Waals surface area contributed by atoms with Gasteiger partial charge in [0.2, 0.25) is 11.8 Å². The van der Waals surface area contributed by atoms with E-state index in [1.165, 1.54) is 6.92 Å². The molecule has 0 fully saturated rings. The van der Waals surface area contributed by atoms with E-state index in [1.54, 1.807) is 11.8 Å². The highest BCUT2D eigenvalue weighted by atomic mass is 32.2. The smallest absolute Gasteiger partial charge is 0.243 e. The molecular formula is C18H20N2O2S. The molecule has 23 heavy (non-hydrogen) atoms. The van der Waals surface area contributed by atoms with Gasteiger partial charge in [0, 0.05) is 24.1 Å². The van der Waals surface area contributed by atoms with E-state index in [-0.39, 0.29) is 11.8 Å². The fourth-order valence-electron chi connectivity index (χ4n) is 2.03. The van der Waals surface area contributed by atoms with E-state index < -0.39 is 6.04 Å². The molecule has 1 atom stereocenters. The lowest BCUT2D eigenvalue weighted by atomic mass is 10.2. The second kappa shape index (κ2) is 9.00. The molecule has 1 unspecified atom stereocenters. The van der Waals surface area contributed by atoms with Crippen LogP contribution in [0, 0.1) is 0 Å². The molecule has 2 amide bonds. The van der Waals surface area contributed by atoms with Gasteiger partial charge in [0.1, 0.15) is 6.04 Å². The van der Waals surface area contributed by atoms with E-state index in [0.717, 1.165) is 10.5 Å². The van der Waals surface area contributed by atoms with Gasteiger partial charge in [0.15, 0.2) is 0 Å². The number of thioether (sulfide) groups is 1. The van der Waals surface area contributed by atoms with Crippen molar-refractivity contribution in [2.45, 2.75) is 24.4 Å². The minimum atomic E-state index is -0.554. The average molecular weight is 328 g/mol. The highest BCUT2D eigenvalue weighted by Crippen LogP contribution is 2.18. The summed E-state index contributed by atoms with van der Waals surface area (Å²) in [5.74, 6) is 0.107. The maximum absolute atomic E-state index is 12.3. The molecule has 5 heteroatoms. The Morgan fingerprint density at radius 3 is 2.22 bits per heavy atom. The van der Waals surface area contributed by atoms with Crippen LogP contribution in [0.15, 0.2) is 65.6 Å². The van der Waals surface area contributed by atoms with Crippen molar-refractivity contribution in [1.29, 1.82) is 0 Å². The molecule has 4 nitrogen and oxygen atoms in total. The maximum Gasteiger partial charge on any atom is 0.243 e. The predicted octanol–water partition coefficient (Wildman–Crippen LogP) is 2.60. The summed E-state index contributed by atoms with van der Waals surface area (Å²) in [7, 11) is 0. The molecule has 0 heterocycles. The van der Waals surface area contributed by atoms with Crippen molar-refractivity contribution in [3.05, 3.63) is 66.2 Å². The van der Waals surface area contributed by atoms with Gasteiger partial charge >= 0.3 is 0 Å². The van der Waals surface area contributed by atoms with Crippen molar-refractivity contribution in [3.63, 3.8) is 0 Å². The summed E-state index contributed by atoms with van der Waals surface area (Å²) in [6.07, 6.45) is 0. The summed E-state index contributed by atoms with van der Waals surface area (Å²) in [4.78, 5) is 24.7. The Hall–Kier alpha value is -2.27. The normalized spacial score (nSPS) is 11.5. The molecule has 120 valence electrons. The molecule has 0 aromatic heterocycles. The fraction of sp³-hybridized carbons (Fsp3) is 0.222. The summed E-state index contributed by atoms with van der Waals surface area (Å²) in [6, 6.07) is 18.9. The van der Waals surface area contributed by atoms with Gasteiger partial charge in [-0.05, 0) is 17.7 Å². The van der Waals surface area contributed by atoms with Crippen molar-refractivity contribution < 1.29 is 9.59 Å². The number of hydrogen-bond donors (Lipinski definition) is 2. The Morgan fingerprint density at radius 1 is 1.00 bits per heavy atom. The molecule has 2 aromatic rings. The first-order valence-electron chi connectivity index (χ1n) is 7.42. The van der Waals surface area contributed by atoms with Crippen LogP contribution < -0.4 is 10.6 Å². The molecule has 2 rings (SSSR count). The quantitative estimate of drug-likeness (QED) is 0.768. The minimum Gasteiger partial charge on any atom is -0.350 e. The maximum atomic E-state index is 12.3. The highest BCUT2D eigenvalue weighted by molar-refractivity contribution is 7.99. The van der Waals surface area contributed by atoms with Gasteiger partial charge in [-0.25, -0.2) is 0 Å². The lowest BCUT2D eigenvalue weighted by molar-refractivity contribution is -0.127. The molecule has 0 saturated heterocycles. The zero-order valence-corrected chi connectivity index (χ0v) is 13.8. The van der Waals surface area contributed by atoms with Crippen LogP contribution in [-0.4, -0.2) is 23.6 Å². The standard InChI is InChI=1S/C18H20N2O2S/c1-14(21)20-17(13-23-16-10-6-3-7-11-16)18(22)19-12-15-8-4-2-5-9-15/h2-11,17H,12-13H2,1H3,(H,19,22)(H,20,21). The third-order valence-electron chi connectivity index (χ3n) is 3.16. The van der Waals surface area contributed by atoms with Crippen molar-refractivity contribution >= 4 is 23.6 Å². The van der Waals surface area contributed by atoms with Crippen LogP contribution in [0.5, 0.6) is 0 Å². The number of amides is 2. The number of carbonyl (C=O) groups excluding carboxylic acids is 2. The molecular weight excluding hydrogens is 308 g/mol. The third-order valence-corrected chi connectivity index (χ3v) is 4.27. The van der Waals surface area contributed by atoms with Gasteiger partial charge in [-0.1, -0.05) is 48.5 Å². The molecule has 0 radical (unpaired) electrons. The van der Waals surface area contributed by atoms with Crippen LogP contribution >= 0.6 is 11.8 Å². The molecule has 0 aliphatic rings. The molecule has 0 spiro atoms. The Bertz CT molecular complexity index is 632. The monoisotopic (exact) mass is 328 g/mol. The average Bonchev–Trinajstić information content (AvgIpc) is 2.58. The molecule has 0 saturated carbocycles. The van der Waals surface area contributed by atoms with Gasteiger partial charge < -0.3 is 10.6 Å². The van der Waals surface area contributed by atoms with Gasteiger partial charge in [-0.2, -0.15) is 0 Å². The number of hydrogen-bond acceptors (Lipinski definition) is 3. The Morgan fingerprint density at radius 2 is 1.61 bits per heavy atom. The van der Waals surface area contributed by atoms with Crippen LogP contribution in [0.2, 0.25) is 0 Å². The van der Waals surface area contributed by atoms with E-state index in [1.807, 2.05) is 60.7 Å². The number of benzene rings is 2. The van der Waals surface area contributed by atoms with Crippen LogP contribution in [0.3, 0.4) is 0 Å². The van der Waals surface area contributed by atoms with Crippen molar-refractivity contribution in [2.24, 2.45) is 0 Å². The zero-order valence-electron chi connectivity index (χ0n) is 13.0. The van der Waals surface area contributed by atoms with Crippen LogP contribution in [0.25, 0.3) is 0 Å². The zero-order chi connectivity index (χ0) is 16.5. The lowest BCUT2D eigenvalue weighted by Crippen LogP contribution is -2.47. The van der Waals surface area contributed by atoms with Crippen LogP contribution in [-0.2, 0) is 16.1 Å². The Labute approximate surface area is 140 Å².